The summed E-state index contributed by atoms with van der Waals surface area (Å²) in [4.78, 5) is 26.2. The number of hydrogen-bond donors (Lipinski definition) is 4. The van der Waals surface area contributed by atoms with Gasteiger partial charge < -0.3 is 25.0 Å². The largest absolute Gasteiger partial charge is 0.508 e. The predicted octanol–water partition coefficient (Wildman–Crippen LogP) is 3.94. The number of phenols is 1. The number of aliphatic hydroxyl groups is 1. The van der Waals surface area contributed by atoms with E-state index in [0.717, 1.165) is 69.3 Å². The molecular weight excluding hydrogens is 584 g/mol. The maximum atomic E-state index is 16.2. The highest BCUT2D eigenvalue weighted by Gasteiger charge is 2.49. The Bertz CT molecular complexity index is 1570. The first kappa shape index (κ1) is 31.8. The zero-order valence-corrected chi connectivity index (χ0v) is 25.8. The van der Waals surface area contributed by atoms with Crippen LogP contribution in [0.5, 0.6) is 11.8 Å². The minimum absolute atomic E-state index is 0.0000644. The SMILES string of the molecule is Cc1cc(O)cc(-c2ncc3c(=O)[nH]c(OC[C@@]45CCCN4C[C@H](F)C5)nc3c2F)c1CCCCCO[C@@H]1CNCC[C@@H](O)C1. The van der Waals surface area contributed by atoms with Crippen molar-refractivity contribution in [1.82, 2.24) is 25.2 Å². The van der Waals surface area contributed by atoms with Crippen LogP contribution in [0, 0.1) is 12.7 Å². The number of unbranched alkanes of at least 4 members (excludes halogenated alkanes) is 2. The molecule has 1 aromatic carbocycles. The third-order valence-electron chi connectivity index (χ3n) is 9.61. The summed E-state index contributed by atoms with van der Waals surface area (Å²) in [6.45, 7) is 5.34. The number of phenolic OH excluding ortho intramolecular Hbond substituents is 1. The zero-order valence-electron chi connectivity index (χ0n) is 25.8. The van der Waals surface area contributed by atoms with Crippen LogP contribution in [-0.4, -0.2) is 93.4 Å². The van der Waals surface area contributed by atoms with Gasteiger partial charge in [0.1, 0.15) is 29.7 Å². The van der Waals surface area contributed by atoms with Gasteiger partial charge in [-0.2, -0.15) is 4.98 Å². The maximum Gasteiger partial charge on any atom is 0.297 e. The number of aromatic nitrogens is 3. The van der Waals surface area contributed by atoms with Crippen molar-refractivity contribution in [3.8, 4) is 23.0 Å². The third kappa shape index (κ3) is 6.98. The van der Waals surface area contributed by atoms with Crippen molar-refractivity contribution < 1.29 is 28.5 Å². The number of rotatable bonds is 11. The van der Waals surface area contributed by atoms with Crippen LogP contribution < -0.4 is 15.6 Å². The van der Waals surface area contributed by atoms with Crippen molar-refractivity contribution in [2.24, 2.45) is 0 Å². The molecule has 6 rings (SSSR count). The summed E-state index contributed by atoms with van der Waals surface area (Å²) in [6.07, 6.45) is 6.72. The molecule has 2 aromatic heterocycles. The number of fused-ring (bicyclic) bond motifs is 2. The number of pyridine rings is 1. The number of halogens is 2. The van der Waals surface area contributed by atoms with E-state index in [4.69, 9.17) is 9.47 Å². The number of nitrogens with zero attached hydrogens (tertiary/aromatic N) is 3. The number of alkyl halides is 1. The van der Waals surface area contributed by atoms with Crippen LogP contribution in [0.2, 0.25) is 0 Å². The summed E-state index contributed by atoms with van der Waals surface area (Å²) in [5.74, 6) is -0.779. The van der Waals surface area contributed by atoms with Crippen molar-refractivity contribution in [2.45, 2.75) is 88.6 Å². The molecule has 0 radical (unpaired) electrons. The molecule has 10 nitrogen and oxygen atoms in total. The minimum atomic E-state index is -0.921. The molecule has 0 bridgehead atoms. The average Bonchev–Trinajstić information content (AvgIpc) is 3.43. The van der Waals surface area contributed by atoms with Gasteiger partial charge in [0.05, 0.1) is 23.1 Å². The van der Waals surface area contributed by atoms with Crippen LogP contribution in [0.4, 0.5) is 8.78 Å². The molecule has 0 aliphatic carbocycles. The molecule has 0 spiro atoms. The van der Waals surface area contributed by atoms with E-state index in [1.165, 1.54) is 12.3 Å². The normalized spacial score (nSPS) is 25.5. The number of hydrogen-bond acceptors (Lipinski definition) is 9. The molecule has 0 unspecified atom stereocenters. The van der Waals surface area contributed by atoms with Crippen molar-refractivity contribution >= 4 is 10.9 Å². The Morgan fingerprint density at radius 3 is 2.98 bits per heavy atom. The molecule has 244 valence electrons. The van der Waals surface area contributed by atoms with Crippen molar-refractivity contribution in [1.29, 1.82) is 0 Å². The van der Waals surface area contributed by atoms with E-state index in [1.54, 1.807) is 6.07 Å². The van der Waals surface area contributed by atoms with Crippen molar-refractivity contribution in [2.75, 3.05) is 39.4 Å². The number of aryl methyl sites for hydroxylation is 1. The summed E-state index contributed by atoms with van der Waals surface area (Å²) in [5.41, 5.74) is 0.936. The Labute approximate surface area is 261 Å². The number of H-pyrrole nitrogens is 1. The second kappa shape index (κ2) is 13.7. The fourth-order valence-corrected chi connectivity index (χ4v) is 7.29. The Kier molecular flexibility index (Phi) is 9.65. The summed E-state index contributed by atoms with van der Waals surface area (Å²) >= 11 is 0. The second-order valence-corrected chi connectivity index (χ2v) is 12.9. The summed E-state index contributed by atoms with van der Waals surface area (Å²) in [7, 11) is 0. The molecule has 12 heteroatoms. The molecule has 4 atom stereocenters. The van der Waals surface area contributed by atoms with Crippen LogP contribution in [-0.2, 0) is 11.2 Å². The van der Waals surface area contributed by atoms with E-state index in [1.807, 2.05) is 6.92 Å². The molecule has 3 saturated heterocycles. The van der Waals surface area contributed by atoms with Crippen LogP contribution >= 0.6 is 0 Å². The third-order valence-corrected chi connectivity index (χ3v) is 9.61. The fourth-order valence-electron chi connectivity index (χ4n) is 7.29. The highest BCUT2D eigenvalue weighted by Crippen LogP contribution is 2.40. The number of ether oxygens (including phenoxy) is 2. The lowest BCUT2D eigenvalue weighted by molar-refractivity contribution is 0.0208. The van der Waals surface area contributed by atoms with Gasteiger partial charge in [-0.15, -0.1) is 0 Å². The van der Waals surface area contributed by atoms with E-state index in [9.17, 15) is 19.4 Å². The molecule has 4 N–H and O–H groups in total. The molecule has 3 fully saturated rings. The number of nitrogens with one attached hydrogen (secondary N) is 2. The molecule has 45 heavy (non-hydrogen) atoms. The van der Waals surface area contributed by atoms with E-state index >= 15 is 4.39 Å². The number of aromatic hydroxyl groups is 1. The molecule has 3 aromatic rings. The quantitative estimate of drug-likeness (QED) is 0.234. The lowest BCUT2D eigenvalue weighted by Gasteiger charge is -2.30. The van der Waals surface area contributed by atoms with Gasteiger partial charge >= 0.3 is 0 Å². The molecule has 3 aliphatic rings. The number of aromatic amines is 1. The van der Waals surface area contributed by atoms with E-state index in [-0.39, 0.29) is 47.2 Å². The Morgan fingerprint density at radius 2 is 2.11 bits per heavy atom. The summed E-state index contributed by atoms with van der Waals surface area (Å²) in [6, 6.07) is 3.03. The Morgan fingerprint density at radius 1 is 1.24 bits per heavy atom. The van der Waals surface area contributed by atoms with Gasteiger partial charge in [0, 0.05) is 44.3 Å². The van der Waals surface area contributed by atoms with Crippen LogP contribution in [0.15, 0.2) is 23.1 Å². The summed E-state index contributed by atoms with van der Waals surface area (Å²) < 4.78 is 42.3. The smallest absolute Gasteiger partial charge is 0.297 e. The van der Waals surface area contributed by atoms with Gasteiger partial charge in [0.2, 0.25) is 0 Å². The lowest BCUT2D eigenvalue weighted by Crippen LogP contribution is -2.43. The summed E-state index contributed by atoms with van der Waals surface area (Å²) in [5, 5.41) is 23.7. The minimum Gasteiger partial charge on any atom is -0.508 e. The van der Waals surface area contributed by atoms with Crippen molar-refractivity contribution in [3.63, 3.8) is 0 Å². The Hall–Kier alpha value is -3.19. The van der Waals surface area contributed by atoms with E-state index in [2.05, 4.69) is 25.2 Å². The molecule has 0 amide bonds. The van der Waals surface area contributed by atoms with Crippen LogP contribution in [0.3, 0.4) is 0 Å². The predicted molar refractivity (Wildman–Crippen MR) is 166 cm³/mol. The highest BCUT2D eigenvalue weighted by atomic mass is 19.1. The molecular formula is C33H43F2N5O5. The topological polar surface area (TPSA) is 133 Å². The zero-order chi connectivity index (χ0) is 31.6. The number of aliphatic hydroxyl groups excluding tert-OH is 1. The van der Waals surface area contributed by atoms with Crippen LogP contribution in [0.25, 0.3) is 22.2 Å². The number of benzene rings is 1. The van der Waals surface area contributed by atoms with Gasteiger partial charge in [-0.1, -0.05) is 6.42 Å². The van der Waals surface area contributed by atoms with E-state index in [0.29, 0.717) is 38.0 Å². The monoisotopic (exact) mass is 627 g/mol. The van der Waals surface area contributed by atoms with Gasteiger partial charge in [0.25, 0.3) is 11.6 Å². The first-order valence-corrected chi connectivity index (χ1v) is 16.2. The van der Waals surface area contributed by atoms with Gasteiger partial charge in [-0.3, -0.25) is 19.7 Å². The van der Waals surface area contributed by atoms with Gasteiger partial charge in [-0.25, -0.2) is 8.78 Å². The average molecular weight is 628 g/mol. The molecule has 5 heterocycles. The van der Waals surface area contributed by atoms with E-state index < -0.39 is 23.1 Å². The standard InChI is InChI=1S/C33H43F2N5O5/c1-20-12-23(42)14-26(25(20)6-3-2-4-11-44-24-13-22(41)7-9-36-16-24)29-28(35)30-27(17-37-29)31(43)39-32(38-30)45-19-33-8-5-10-40(33)18-21(34)15-33/h12,14,17,21-22,24,36,41-42H,2-11,13,15-16,18-19H2,1H3,(H,38,39,43)/t21-,22-,24+,33+/m1/s1. The molecule has 3 aliphatic heterocycles. The first-order valence-electron chi connectivity index (χ1n) is 16.2. The second-order valence-electron chi connectivity index (χ2n) is 12.9. The highest BCUT2D eigenvalue weighted by molar-refractivity contribution is 5.83. The maximum absolute atomic E-state index is 16.2. The molecule has 0 saturated carbocycles. The fraction of sp³-hybridized carbons (Fsp3) is 0.606. The lowest BCUT2D eigenvalue weighted by atomic mass is 9.93. The van der Waals surface area contributed by atoms with Crippen molar-refractivity contribution in [3.05, 3.63) is 45.6 Å². The van der Waals surface area contributed by atoms with Gasteiger partial charge in [0.15, 0.2) is 5.82 Å². The Balaban J connectivity index is 1.16. The van der Waals surface area contributed by atoms with Gasteiger partial charge in [-0.05, 0) is 81.8 Å². The van der Waals surface area contributed by atoms with Crippen LogP contribution in [0.1, 0.15) is 62.5 Å². The first-order chi connectivity index (χ1) is 21.7.